The van der Waals surface area contributed by atoms with Crippen LogP contribution in [0.15, 0.2) is 34.9 Å². The van der Waals surface area contributed by atoms with E-state index in [1.165, 1.54) is 0 Å². The largest absolute Gasteiger partial charge is 0.491 e. The molecule has 0 spiro atoms. The molecule has 0 radical (unpaired) electrons. The summed E-state index contributed by atoms with van der Waals surface area (Å²) in [5.41, 5.74) is 3.32. The molecule has 1 saturated heterocycles. The summed E-state index contributed by atoms with van der Waals surface area (Å²) in [4.78, 5) is 12.1. The molecule has 4 rings (SSSR count). The van der Waals surface area contributed by atoms with Gasteiger partial charge in [0.05, 0.1) is 17.0 Å². The van der Waals surface area contributed by atoms with Crippen molar-refractivity contribution < 1.29 is 14.4 Å². The fourth-order valence-electron chi connectivity index (χ4n) is 4.05. The number of rotatable bonds is 8. The van der Waals surface area contributed by atoms with Crippen LogP contribution in [0.4, 0.5) is 5.82 Å². The summed E-state index contributed by atoms with van der Waals surface area (Å²) in [6, 6.07) is 10.0. The molecule has 33 heavy (non-hydrogen) atoms. The molecular weight excluding hydrogens is 420 g/mol. The first-order valence-corrected chi connectivity index (χ1v) is 11.3. The second-order valence-electron chi connectivity index (χ2n) is 8.49. The van der Waals surface area contributed by atoms with Crippen LogP contribution in [0.1, 0.15) is 18.4 Å². The zero-order valence-corrected chi connectivity index (χ0v) is 19.6. The monoisotopic (exact) mass is 452 g/mol. The SMILES string of the molecule is CNCC(O)COc1cccc(-c2nc(-c3c(C)noc3C)cc(N3CCN[C@@H](C)C3)n2)c1. The first kappa shape index (κ1) is 23.2. The molecular formula is C24H32N6O3. The van der Waals surface area contributed by atoms with Crippen molar-refractivity contribution in [2.75, 3.05) is 44.7 Å². The van der Waals surface area contributed by atoms with Crippen LogP contribution in [-0.4, -0.2) is 72.2 Å². The van der Waals surface area contributed by atoms with Gasteiger partial charge in [-0.1, -0.05) is 17.3 Å². The molecule has 2 aromatic heterocycles. The fraction of sp³-hybridized carbons (Fsp3) is 0.458. The maximum Gasteiger partial charge on any atom is 0.162 e. The minimum atomic E-state index is -0.584. The van der Waals surface area contributed by atoms with Crippen LogP contribution in [0.25, 0.3) is 22.6 Å². The molecule has 1 aliphatic heterocycles. The number of aliphatic hydroxyl groups excluding tert-OH is 1. The van der Waals surface area contributed by atoms with Gasteiger partial charge in [0.15, 0.2) is 5.82 Å². The summed E-state index contributed by atoms with van der Waals surface area (Å²) < 4.78 is 11.2. The number of hydrogen-bond acceptors (Lipinski definition) is 9. The van der Waals surface area contributed by atoms with Crippen LogP contribution in [-0.2, 0) is 0 Å². The minimum absolute atomic E-state index is 0.203. The van der Waals surface area contributed by atoms with Gasteiger partial charge in [-0.15, -0.1) is 0 Å². The molecule has 1 fully saturated rings. The highest BCUT2D eigenvalue weighted by Crippen LogP contribution is 2.31. The van der Waals surface area contributed by atoms with Crippen LogP contribution in [0.5, 0.6) is 5.75 Å². The number of likely N-dealkylation sites (N-methyl/N-ethyl adjacent to an activating group) is 1. The van der Waals surface area contributed by atoms with Crippen LogP contribution >= 0.6 is 0 Å². The Kier molecular flexibility index (Phi) is 7.22. The van der Waals surface area contributed by atoms with Gasteiger partial charge in [-0.3, -0.25) is 0 Å². The van der Waals surface area contributed by atoms with Gasteiger partial charge in [0.25, 0.3) is 0 Å². The molecule has 1 aromatic carbocycles. The van der Waals surface area contributed by atoms with Crippen LogP contribution < -0.4 is 20.3 Å². The smallest absolute Gasteiger partial charge is 0.162 e. The number of piperazine rings is 1. The number of aromatic nitrogens is 3. The Morgan fingerprint density at radius 2 is 2.15 bits per heavy atom. The Labute approximate surface area is 194 Å². The van der Waals surface area contributed by atoms with Crippen LogP contribution in [0.2, 0.25) is 0 Å². The molecule has 0 bridgehead atoms. The first-order chi connectivity index (χ1) is 15.9. The lowest BCUT2D eigenvalue weighted by molar-refractivity contribution is 0.108. The predicted molar refractivity (Wildman–Crippen MR) is 128 cm³/mol. The van der Waals surface area contributed by atoms with Crippen molar-refractivity contribution in [3.05, 3.63) is 41.8 Å². The lowest BCUT2D eigenvalue weighted by atomic mass is 10.1. The van der Waals surface area contributed by atoms with Gasteiger partial charge in [0.2, 0.25) is 0 Å². The molecule has 0 amide bonds. The van der Waals surface area contributed by atoms with Gasteiger partial charge in [0.1, 0.15) is 30.0 Å². The number of nitrogens with one attached hydrogen (secondary N) is 2. The number of benzene rings is 1. The number of ether oxygens (including phenoxy) is 1. The van der Waals surface area contributed by atoms with Crippen molar-refractivity contribution in [1.82, 2.24) is 25.8 Å². The zero-order valence-electron chi connectivity index (χ0n) is 19.6. The molecule has 1 unspecified atom stereocenters. The van der Waals surface area contributed by atoms with E-state index in [1.807, 2.05) is 44.2 Å². The van der Waals surface area contributed by atoms with E-state index in [1.54, 1.807) is 7.05 Å². The van der Waals surface area contributed by atoms with Gasteiger partial charge in [0, 0.05) is 43.9 Å². The standard InChI is InChI=1S/C24H32N6O3/c1-15-13-30(9-8-26-15)22-11-21(23-16(2)29-33-17(23)3)27-24(28-22)18-6-5-7-20(10-18)32-14-19(31)12-25-4/h5-7,10-11,15,19,25-26,31H,8-9,12-14H2,1-4H3/t15-,19?/m0/s1. The van der Waals surface area contributed by atoms with Gasteiger partial charge in [-0.2, -0.15) is 0 Å². The molecule has 9 nitrogen and oxygen atoms in total. The second kappa shape index (κ2) is 10.3. The van der Waals surface area contributed by atoms with Crippen molar-refractivity contribution in [3.8, 4) is 28.4 Å². The van der Waals surface area contributed by atoms with E-state index in [2.05, 4.69) is 27.6 Å². The normalized spacial score (nSPS) is 17.2. The topological polar surface area (TPSA) is 109 Å². The van der Waals surface area contributed by atoms with E-state index in [4.69, 9.17) is 19.2 Å². The lowest BCUT2D eigenvalue weighted by Crippen LogP contribution is -2.49. The quantitative estimate of drug-likeness (QED) is 0.474. The molecule has 1 aliphatic rings. The van der Waals surface area contributed by atoms with E-state index in [0.717, 1.165) is 53.7 Å². The molecule has 9 heteroatoms. The third kappa shape index (κ3) is 5.50. The van der Waals surface area contributed by atoms with Crippen molar-refractivity contribution in [1.29, 1.82) is 0 Å². The molecule has 176 valence electrons. The summed E-state index contributed by atoms with van der Waals surface area (Å²) in [6.07, 6.45) is -0.584. The van der Waals surface area contributed by atoms with E-state index in [0.29, 0.717) is 24.2 Å². The predicted octanol–water partition coefficient (Wildman–Crippen LogP) is 2.17. The second-order valence-corrected chi connectivity index (χ2v) is 8.49. The Morgan fingerprint density at radius 3 is 2.88 bits per heavy atom. The minimum Gasteiger partial charge on any atom is -0.491 e. The summed E-state index contributed by atoms with van der Waals surface area (Å²) in [5.74, 6) is 2.87. The molecule has 0 aliphatic carbocycles. The maximum absolute atomic E-state index is 9.96. The third-order valence-corrected chi connectivity index (χ3v) is 5.67. The Hall–Kier alpha value is -3.01. The molecule has 3 aromatic rings. The van der Waals surface area contributed by atoms with Crippen LogP contribution in [0.3, 0.4) is 0 Å². The molecule has 3 N–H and O–H groups in total. The summed E-state index contributed by atoms with van der Waals surface area (Å²) in [5, 5.41) is 20.5. The average Bonchev–Trinajstić information content (AvgIpc) is 3.15. The van der Waals surface area contributed by atoms with E-state index >= 15 is 0 Å². The summed E-state index contributed by atoms with van der Waals surface area (Å²) in [6.45, 7) is 9.30. The van der Waals surface area contributed by atoms with Crippen molar-refractivity contribution in [2.45, 2.75) is 32.9 Å². The van der Waals surface area contributed by atoms with Gasteiger partial charge in [-0.25, -0.2) is 9.97 Å². The lowest BCUT2D eigenvalue weighted by Gasteiger charge is -2.33. The van der Waals surface area contributed by atoms with Gasteiger partial charge >= 0.3 is 0 Å². The highest BCUT2D eigenvalue weighted by atomic mass is 16.5. The maximum atomic E-state index is 9.96. The molecule has 2 atom stereocenters. The number of anilines is 1. The Morgan fingerprint density at radius 1 is 1.30 bits per heavy atom. The zero-order chi connectivity index (χ0) is 23.4. The summed E-state index contributed by atoms with van der Waals surface area (Å²) in [7, 11) is 1.80. The van der Waals surface area contributed by atoms with Gasteiger partial charge in [-0.05, 0) is 40.0 Å². The van der Waals surface area contributed by atoms with E-state index in [9.17, 15) is 5.11 Å². The van der Waals surface area contributed by atoms with E-state index < -0.39 is 6.10 Å². The highest BCUT2D eigenvalue weighted by molar-refractivity contribution is 5.71. The van der Waals surface area contributed by atoms with Crippen molar-refractivity contribution in [2.24, 2.45) is 0 Å². The number of aliphatic hydroxyl groups is 1. The van der Waals surface area contributed by atoms with E-state index in [-0.39, 0.29) is 6.61 Å². The van der Waals surface area contributed by atoms with Crippen molar-refractivity contribution in [3.63, 3.8) is 0 Å². The highest BCUT2D eigenvalue weighted by Gasteiger charge is 2.22. The molecule has 3 heterocycles. The Bertz CT molecular complexity index is 1070. The number of hydrogen-bond donors (Lipinski definition) is 3. The summed E-state index contributed by atoms with van der Waals surface area (Å²) >= 11 is 0. The van der Waals surface area contributed by atoms with Crippen LogP contribution in [0, 0.1) is 13.8 Å². The third-order valence-electron chi connectivity index (χ3n) is 5.67. The number of aryl methyl sites for hydroxylation is 2. The Balaban J connectivity index is 1.71. The van der Waals surface area contributed by atoms with Gasteiger partial charge < -0.3 is 29.9 Å². The number of nitrogens with zero attached hydrogens (tertiary/aromatic N) is 4. The first-order valence-electron chi connectivity index (χ1n) is 11.3. The molecule has 0 saturated carbocycles. The van der Waals surface area contributed by atoms with Crippen molar-refractivity contribution >= 4 is 5.82 Å². The fourth-order valence-corrected chi connectivity index (χ4v) is 4.05. The average molecular weight is 453 g/mol.